The predicted octanol–water partition coefficient (Wildman–Crippen LogP) is 2.86. The molecule has 8 heteroatoms. The minimum atomic E-state index is -0.0569. The van der Waals surface area contributed by atoms with E-state index < -0.39 is 0 Å². The first-order chi connectivity index (χ1) is 13.4. The number of carbonyl (C=O) groups is 1. The number of ketones is 1. The van der Waals surface area contributed by atoms with Gasteiger partial charge in [-0.25, -0.2) is 0 Å². The summed E-state index contributed by atoms with van der Waals surface area (Å²) in [6, 6.07) is 9.46. The topological polar surface area (TPSA) is 84.1 Å². The van der Waals surface area contributed by atoms with Crippen molar-refractivity contribution < 1.29 is 14.3 Å². The molecular formula is C20H25N5O3. The van der Waals surface area contributed by atoms with Crippen LogP contribution in [-0.4, -0.2) is 51.4 Å². The van der Waals surface area contributed by atoms with Crippen LogP contribution in [0.15, 0.2) is 30.3 Å². The van der Waals surface area contributed by atoms with E-state index in [9.17, 15) is 4.79 Å². The van der Waals surface area contributed by atoms with Gasteiger partial charge in [0.1, 0.15) is 12.3 Å². The highest BCUT2D eigenvalue weighted by atomic mass is 16.5. The Morgan fingerprint density at radius 3 is 2.71 bits per heavy atom. The SMILES string of the molecule is COC[C@@H](C)n1c(C)cc(C(=O)Cn2nnc(-c3cccc(OC)c3)n2)c1C. The van der Waals surface area contributed by atoms with Crippen LogP contribution >= 0.6 is 0 Å². The molecule has 0 amide bonds. The van der Waals surface area contributed by atoms with E-state index in [2.05, 4.69) is 26.9 Å². The Morgan fingerprint density at radius 1 is 1.21 bits per heavy atom. The second-order valence-corrected chi connectivity index (χ2v) is 6.76. The molecule has 0 aliphatic rings. The summed E-state index contributed by atoms with van der Waals surface area (Å²) in [7, 11) is 3.28. The molecule has 0 radical (unpaired) electrons. The average Bonchev–Trinajstić information content (AvgIpc) is 3.26. The van der Waals surface area contributed by atoms with Gasteiger partial charge in [-0.15, -0.1) is 10.2 Å². The van der Waals surface area contributed by atoms with Crippen molar-refractivity contribution in [2.24, 2.45) is 0 Å². The fourth-order valence-corrected chi connectivity index (χ4v) is 3.45. The number of nitrogens with zero attached hydrogens (tertiary/aromatic N) is 5. The lowest BCUT2D eigenvalue weighted by Gasteiger charge is -2.17. The quantitative estimate of drug-likeness (QED) is 0.556. The zero-order chi connectivity index (χ0) is 20.3. The molecule has 0 saturated carbocycles. The van der Waals surface area contributed by atoms with Crippen molar-refractivity contribution in [3.05, 3.63) is 47.3 Å². The van der Waals surface area contributed by atoms with Crippen LogP contribution in [0.1, 0.15) is 34.7 Å². The van der Waals surface area contributed by atoms with Crippen LogP contribution in [0.2, 0.25) is 0 Å². The summed E-state index contributed by atoms with van der Waals surface area (Å²) in [6.07, 6.45) is 0. The highest BCUT2D eigenvalue weighted by Crippen LogP contribution is 2.22. The molecule has 3 aromatic rings. The number of carbonyl (C=O) groups excluding carboxylic acids is 1. The molecule has 0 spiro atoms. The standard InChI is InChI=1S/C20H25N5O3/c1-13-9-18(15(3)25(13)14(2)12-27-4)19(26)11-24-22-20(21-23-24)16-7-6-8-17(10-16)28-5/h6-10,14H,11-12H2,1-5H3/t14-/m1/s1. The van der Waals surface area contributed by atoms with Crippen LogP contribution in [0, 0.1) is 13.8 Å². The first-order valence-corrected chi connectivity index (χ1v) is 9.07. The Hall–Kier alpha value is -3.00. The summed E-state index contributed by atoms with van der Waals surface area (Å²) >= 11 is 0. The van der Waals surface area contributed by atoms with Crippen molar-refractivity contribution in [1.82, 2.24) is 24.8 Å². The normalized spacial score (nSPS) is 12.2. The maximum atomic E-state index is 12.8. The third-order valence-electron chi connectivity index (χ3n) is 4.70. The Bertz CT molecular complexity index is 976. The first-order valence-electron chi connectivity index (χ1n) is 9.07. The lowest BCUT2D eigenvalue weighted by Crippen LogP contribution is -2.16. The van der Waals surface area contributed by atoms with Gasteiger partial charge in [0, 0.05) is 29.6 Å². The number of Topliss-reactive ketones (excluding diaryl/α,β-unsaturated/α-hetero) is 1. The van der Waals surface area contributed by atoms with Gasteiger partial charge in [0.05, 0.1) is 19.8 Å². The second kappa shape index (κ2) is 8.35. The van der Waals surface area contributed by atoms with E-state index in [-0.39, 0.29) is 18.4 Å². The molecule has 0 aliphatic heterocycles. The molecule has 0 fully saturated rings. The largest absolute Gasteiger partial charge is 0.497 e. The summed E-state index contributed by atoms with van der Waals surface area (Å²) in [5.41, 5.74) is 3.39. The van der Waals surface area contributed by atoms with Gasteiger partial charge in [-0.2, -0.15) is 4.80 Å². The van der Waals surface area contributed by atoms with Crippen LogP contribution in [0.5, 0.6) is 5.75 Å². The van der Waals surface area contributed by atoms with Gasteiger partial charge in [-0.3, -0.25) is 4.79 Å². The summed E-state index contributed by atoms with van der Waals surface area (Å²) in [6.45, 7) is 6.61. The Morgan fingerprint density at radius 2 is 2.00 bits per heavy atom. The third-order valence-corrected chi connectivity index (χ3v) is 4.70. The second-order valence-electron chi connectivity index (χ2n) is 6.76. The first kappa shape index (κ1) is 19.8. The molecule has 0 aliphatic carbocycles. The number of rotatable bonds is 8. The van der Waals surface area contributed by atoms with E-state index in [4.69, 9.17) is 9.47 Å². The zero-order valence-corrected chi connectivity index (χ0v) is 16.8. The summed E-state index contributed by atoms with van der Waals surface area (Å²) in [4.78, 5) is 14.2. The third kappa shape index (κ3) is 3.96. The number of ether oxygens (including phenoxy) is 2. The zero-order valence-electron chi connectivity index (χ0n) is 16.8. The number of hydrogen-bond donors (Lipinski definition) is 0. The van der Waals surface area contributed by atoms with Crippen molar-refractivity contribution in [3.8, 4) is 17.1 Å². The summed E-state index contributed by atoms with van der Waals surface area (Å²) in [5.74, 6) is 1.10. The molecule has 148 valence electrons. The highest BCUT2D eigenvalue weighted by molar-refractivity contribution is 5.97. The molecule has 0 unspecified atom stereocenters. The van der Waals surface area contributed by atoms with Gasteiger partial charge in [-0.05, 0) is 44.2 Å². The monoisotopic (exact) mass is 383 g/mol. The van der Waals surface area contributed by atoms with Crippen molar-refractivity contribution in [3.63, 3.8) is 0 Å². The van der Waals surface area contributed by atoms with Crippen molar-refractivity contribution in [2.45, 2.75) is 33.4 Å². The molecule has 28 heavy (non-hydrogen) atoms. The highest BCUT2D eigenvalue weighted by Gasteiger charge is 2.20. The average molecular weight is 383 g/mol. The van der Waals surface area contributed by atoms with Gasteiger partial charge in [0.15, 0.2) is 5.78 Å². The summed E-state index contributed by atoms with van der Waals surface area (Å²) < 4.78 is 12.6. The molecule has 0 bridgehead atoms. The lowest BCUT2D eigenvalue weighted by molar-refractivity contribution is 0.0960. The maximum Gasteiger partial charge on any atom is 0.205 e. The summed E-state index contributed by atoms with van der Waals surface area (Å²) in [5, 5.41) is 12.4. The van der Waals surface area contributed by atoms with Gasteiger partial charge in [0.2, 0.25) is 5.82 Å². The van der Waals surface area contributed by atoms with E-state index >= 15 is 0 Å². The Kier molecular flexibility index (Phi) is 5.89. The molecule has 0 N–H and O–H groups in total. The number of hydrogen-bond acceptors (Lipinski definition) is 6. The van der Waals surface area contributed by atoms with Crippen LogP contribution < -0.4 is 4.74 Å². The molecule has 2 aromatic heterocycles. The smallest absolute Gasteiger partial charge is 0.205 e. The Labute approximate surface area is 164 Å². The van der Waals surface area contributed by atoms with Gasteiger partial charge in [0.25, 0.3) is 0 Å². The predicted molar refractivity (Wildman–Crippen MR) is 105 cm³/mol. The van der Waals surface area contributed by atoms with E-state index in [0.717, 1.165) is 17.0 Å². The maximum absolute atomic E-state index is 12.8. The van der Waals surface area contributed by atoms with Crippen molar-refractivity contribution in [1.29, 1.82) is 0 Å². The van der Waals surface area contributed by atoms with Crippen molar-refractivity contribution in [2.75, 3.05) is 20.8 Å². The molecular weight excluding hydrogens is 358 g/mol. The molecule has 1 atom stereocenters. The van der Waals surface area contributed by atoms with Crippen LogP contribution in [0.25, 0.3) is 11.4 Å². The van der Waals surface area contributed by atoms with E-state index in [0.29, 0.717) is 23.7 Å². The lowest BCUT2D eigenvalue weighted by atomic mass is 10.1. The van der Waals surface area contributed by atoms with Gasteiger partial charge >= 0.3 is 0 Å². The molecule has 1 aromatic carbocycles. The van der Waals surface area contributed by atoms with Gasteiger partial charge < -0.3 is 14.0 Å². The van der Waals surface area contributed by atoms with Gasteiger partial charge in [-0.1, -0.05) is 12.1 Å². The number of tetrazole rings is 1. The fraction of sp³-hybridized carbons (Fsp3) is 0.400. The van der Waals surface area contributed by atoms with Crippen LogP contribution in [-0.2, 0) is 11.3 Å². The molecule has 3 rings (SSSR count). The molecule has 8 nitrogen and oxygen atoms in total. The van der Waals surface area contributed by atoms with E-state index in [1.54, 1.807) is 14.2 Å². The number of methoxy groups -OCH3 is 2. The number of benzene rings is 1. The van der Waals surface area contributed by atoms with Crippen LogP contribution in [0.4, 0.5) is 0 Å². The number of aryl methyl sites for hydroxylation is 1. The molecule has 0 saturated heterocycles. The van der Waals surface area contributed by atoms with Crippen molar-refractivity contribution >= 4 is 5.78 Å². The Balaban J connectivity index is 1.79. The van der Waals surface area contributed by atoms with Crippen LogP contribution in [0.3, 0.4) is 0 Å². The minimum absolute atomic E-state index is 0.0277. The molecule has 2 heterocycles. The van der Waals surface area contributed by atoms with E-state index in [1.807, 2.05) is 44.2 Å². The number of aromatic nitrogens is 5. The van der Waals surface area contributed by atoms with E-state index in [1.165, 1.54) is 4.80 Å². The fourth-order valence-electron chi connectivity index (χ4n) is 3.45. The minimum Gasteiger partial charge on any atom is -0.497 e.